The average Bonchev–Trinajstić information content (AvgIpc) is 2.99. The molecule has 2 atom stereocenters. The van der Waals surface area contributed by atoms with Gasteiger partial charge in [-0.15, -0.1) is 0 Å². The molecular weight excluding hydrogens is 283 g/mol. The SMILES string of the molecule is CC1CC1CNc1cnn(CC(F)(F)F)c(=O)c1Cl. The summed E-state index contributed by atoms with van der Waals surface area (Å²) in [5.74, 6) is 1.15. The predicted molar refractivity (Wildman–Crippen MR) is 65.3 cm³/mol. The summed E-state index contributed by atoms with van der Waals surface area (Å²) in [5, 5.41) is 6.17. The van der Waals surface area contributed by atoms with E-state index in [2.05, 4.69) is 17.3 Å². The fraction of sp³-hybridized carbons (Fsp3) is 0.636. The zero-order chi connectivity index (χ0) is 14.2. The van der Waals surface area contributed by atoms with Crippen molar-refractivity contribution in [2.24, 2.45) is 11.8 Å². The van der Waals surface area contributed by atoms with Crippen LogP contribution in [-0.4, -0.2) is 22.5 Å². The van der Waals surface area contributed by atoms with Gasteiger partial charge in [0.2, 0.25) is 0 Å². The summed E-state index contributed by atoms with van der Waals surface area (Å²) >= 11 is 5.76. The highest BCUT2D eigenvalue weighted by Gasteiger charge is 2.32. The fourth-order valence-corrected chi connectivity index (χ4v) is 2.01. The highest BCUT2D eigenvalue weighted by atomic mass is 35.5. The van der Waals surface area contributed by atoms with Crippen LogP contribution in [0, 0.1) is 11.8 Å². The van der Waals surface area contributed by atoms with Crippen LogP contribution < -0.4 is 10.9 Å². The molecule has 0 spiro atoms. The summed E-state index contributed by atoms with van der Waals surface area (Å²) in [6.45, 7) is 1.31. The van der Waals surface area contributed by atoms with E-state index < -0.39 is 18.3 Å². The Kier molecular flexibility index (Phi) is 3.75. The van der Waals surface area contributed by atoms with Crippen LogP contribution in [0.5, 0.6) is 0 Å². The number of anilines is 1. The van der Waals surface area contributed by atoms with E-state index in [1.54, 1.807) is 0 Å². The summed E-state index contributed by atoms with van der Waals surface area (Å²) in [6.07, 6.45) is -2.25. The number of halogens is 4. The highest BCUT2D eigenvalue weighted by Crippen LogP contribution is 2.37. The normalized spacial score (nSPS) is 22.4. The van der Waals surface area contributed by atoms with Gasteiger partial charge in [0, 0.05) is 6.54 Å². The Morgan fingerprint density at radius 2 is 2.21 bits per heavy atom. The van der Waals surface area contributed by atoms with Crippen LogP contribution in [0.4, 0.5) is 18.9 Å². The van der Waals surface area contributed by atoms with Crippen molar-refractivity contribution >= 4 is 17.3 Å². The smallest absolute Gasteiger partial charge is 0.382 e. The van der Waals surface area contributed by atoms with Gasteiger partial charge < -0.3 is 5.32 Å². The lowest BCUT2D eigenvalue weighted by Crippen LogP contribution is -2.31. The molecule has 0 saturated heterocycles. The first-order valence-corrected chi connectivity index (χ1v) is 6.22. The first-order chi connectivity index (χ1) is 8.78. The van der Waals surface area contributed by atoms with E-state index in [1.807, 2.05) is 0 Å². The summed E-state index contributed by atoms with van der Waals surface area (Å²) in [5.41, 5.74) is -0.656. The van der Waals surface area contributed by atoms with Gasteiger partial charge in [-0.1, -0.05) is 18.5 Å². The number of alkyl halides is 3. The number of nitrogens with zero attached hydrogens (tertiary/aromatic N) is 2. The third-order valence-corrected chi connectivity index (χ3v) is 3.51. The van der Waals surface area contributed by atoms with E-state index in [-0.39, 0.29) is 10.7 Å². The molecule has 0 radical (unpaired) electrons. The fourth-order valence-electron chi connectivity index (χ4n) is 1.80. The van der Waals surface area contributed by atoms with Crippen LogP contribution in [0.3, 0.4) is 0 Å². The molecule has 0 bridgehead atoms. The molecule has 1 fully saturated rings. The van der Waals surface area contributed by atoms with Crippen molar-refractivity contribution in [3.8, 4) is 0 Å². The molecule has 4 nitrogen and oxygen atoms in total. The van der Waals surface area contributed by atoms with Crippen molar-refractivity contribution in [1.29, 1.82) is 0 Å². The largest absolute Gasteiger partial charge is 0.408 e. The Morgan fingerprint density at radius 1 is 1.58 bits per heavy atom. The second-order valence-electron chi connectivity index (χ2n) is 4.80. The summed E-state index contributed by atoms with van der Waals surface area (Å²) in [4.78, 5) is 11.6. The molecule has 0 aromatic carbocycles. The third-order valence-electron chi connectivity index (χ3n) is 3.14. The molecule has 1 N–H and O–H groups in total. The maximum absolute atomic E-state index is 12.2. The first kappa shape index (κ1) is 14.2. The van der Waals surface area contributed by atoms with Gasteiger partial charge in [0.05, 0.1) is 11.9 Å². The van der Waals surface area contributed by atoms with Crippen LogP contribution in [0.1, 0.15) is 13.3 Å². The van der Waals surface area contributed by atoms with E-state index in [9.17, 15) is 18.0 Å². The maximum Gasteiger partial charge on any atom is 0.408 e. The van der Waals surface area contributed by atoms with Gasteiger partial charge >= 0.3 is 6.18 Å². The summed E-state index contributed by atoms with van der Waals surface area (Å²) in [6, 6.07) is 0. The molecule has 8 heteroatoms. The molecule has 0 amide bonds. The van der Waals surface area contributed by atoms with Gasteiger partial charge in [-0.2, -0.15) is 18.3 Å². The van der Waals surface area contributed by atoms with Crippen molar-refractivity contribution in [1.82, 2.24) is 9.78 Å². The van der Waals surface area contributed by atoms with Gasteiger partial charge in [-0.05, 0) is 18.3 Å². The number of hydrogen-bond acceptors (Lipinski definition) is 3. The second-order valence-corrected chi connectivity index (χ2v) is 5.18. The molecule has 2 rings (SSSR count). The van der Waals surface area contributed by atoms with Crippen LogP contribution in [0.15, 0.2) is 11.0 Å². The van der Waals surface area contributed by atoms with Crippen molar-refractivity contribution < 1.29 is 13.2 Å². The topological polar surface area (TPSA) is 46.9 Å². The Bertz CT molecular complexity index is 529. The molecule has 1 saturated carbocycles. The third kappa shape index (κ3) is 3.62. The van der Waals surface area contributed by atoms with E-state index in [0.29, 0.717) is 23.1 Å². The zero-order valence-electron chi connectivity index (χ0n) is 10.2. The van der Waals surface area contributed by atoms with Crippen LogP contribution >= 0.6 is 11.6 Å². The predicted octanol–water partition coefficient (Wildman–Crippen LogP) is 2.53. The second kappa shape index (κ2) is 5.03. The van der Waals surface area contributed by atoms with Gasteiger partial charge in [0.15, 0.2) is 0 Å². The maximum atomic E-state index is 12.2. The number of nitrogens with one attached hydrogen (secondary N) is 1. The molecule has 1 aliphatic rings. The lowest BCUT2D eigenvalue weighted by Gasteiger charge is -2.11. The van der Waals surface area contributed by atoms with E-state index in [4.69, 9.17) is 11.6 Å². The molecule has 1 aromatic heterocycles. The van der Waals surface area contributed by atoms with Crippen LogP contribution in [0.2, 0.25) is 5.02 Å². The molecule has 1 heterocycles. The number of hydrogen-bond donors (Lipinski definition) is 1. The Hall–Kier alpha value is -1.24. The zero-order valence-corrected chi connectivity index (χ0v) is 10.9. The molecule has 2 unspecified atom stereocenters. The summed E-state index contributed by atoms with van der Waals surface area (Å²) < 4.78 is 36.9. The summed E-state index contributed by atoms with van der Waals surface area (Å²) in [7, 11) is 0. The van der Waals surface area contributed by atoms with Crippen molar-refractivity contribution in [2.75, 3.05) is 11.9 Å². The van der Waals surface area contributed by atoms with Crippen molar-refractivity contribution in [2.45, 2.75) is 26.1 Å². The lowest BCUT2D eigenvalue weighted by molar-refractivity contribution is -0.143. The Labute approximate surface area is 112 Å². The van der Waals surface area contributed by atoms with Crippen molar-refractivity contribution in [3.05, 3.63) is 21.6 Å². The minimum absolute atomic E-state index is 0.257. The first-order valence-electron chi connectivity index (χ1n) is 5.84. The quantitative estimate of drug-likeness (QED) is 0.928. The van der Waals surface area contributed by atoms with Crippen LogP contribution in [-0.2, 0) is 6.54 Å². The highest BCUT2D eigenvalue weighted by molar-refractivity contribution is 6.32. The molecule has 1 aromatic rings. The van der Waals surface area contributed by atoms with Crippen LogP contribution in [0.25, 0.3) is 0 Å². The monoisotopic (exact) mass is 295 g/mol. The number of aromatic nitrogens is 2. The number of rotatable bonds is 4. The molecular formula is C11H13ClF3N3O. The van der Waals surface area contributed by atoms with Crippen molar-refractivity contribution in [3.63, 3.8) is 0 Å². The Morgan fingerprint density at radius 3 is 2.74 bits per heavy atom. The molecule has 1 aliphatic carbocycles. The van der Waals surface area contributed by atoms with E-state index in [0.717, 1.165) is 12.6 Å². The minimum atomic E-state index is -4.50. The van der Waals surface area contributed by atoms with E-state index in [1.165, 1.54) is 0 Å². The van der Waals surface area contributed by atoms with Gasteiger partial charge in [-0.25, -0.2) is 4.68 Å². The molecule has 19 heavy (non-hydrogen) atoms. The lowest BCUT2D eigenvalue weighted by atomic mass is 10.3. The molecule has 0 aliphatic heterocycles. The Balaban J connectivity index is 2.10. The minimum Gasteiger partial charge on any atom is -0.382 e. The van der Waals surface area contributed by atoms with Gasteiger partial charge in [0.25, 0.3) is 5.56 Å². The standard InChI is InChI=1S/C11H13ClF3N3O/c1-6-2-7(6)3-16-8-4-17-18(5-11(13,14)15)10(19)9(8)12/h4,6-7,16H,2-3,5H2,1H3. The van der Waals surface area contributed by atoms with Gasteiger partial charge in [-0.3, -0.25) is 4.79 Å². The van der Waals surface area contributed by atoms with Gasteiger partial charge in [0.1, 0.15) is 11.6 Å². The van der Waals surface area contributed by atoms with E-state index >= 15 is 0 Å². The average molecular weight is 296 g/mol. The molecule has 106 valence electrons.